The number of carbonyl (C=O) groups is 1. The third-order valence-electron chi connectivity index (χ3n) is 4.30. The van der Waals surface area contributed by atoms with Crippen LogP contribution in [0.15, 0.2) is 30.3 Å². The highest BCUT2D eigenvalue weighted by Gasteiger charge is 2.26. The summed E-state index contributed by atoms with van der Waals surface area (Å²) in [7, 11) is 1.63. The summed E-state index contributed by atoms with van der Waals surface area (Å²) in [5.41, 5.74) is 1.45. The largest absolute Gasteiger partial charge is 0.497 e. The van der Waals surface area contributed by atoms with Gasteiger partial charge in [0.2, 0.25) is 0 Å². The van der Waals surface area contributed by atoms with Gasteiger partial charge in [0.25, 0.3) is 5.91 Å². The Morgan fingerprint density at radius 1 is 1.31 bits per heavy atom. The summed E-state index contributed by atoms with van der Waals surface area (Å²) in [6.07, 6.45) is -0.228. The average Bonchev–Trinajstić information content (AvgIpc) is 2.88. The van der Waals surface area contributed by atoms with E-state index >= 15 is 0 Å². The van der Waals surface area contributed by atoms with Crippen molar-refractivity contribution in [3.63, 3.8) is 0 Å². The number of ether oxygens (including phenoxy) is 3. The molecular weight excluding hydrogens is 334 g/mol. The van der Waals surface area contributed by atoms with Gasteiger partial charge in [-0.15, -0.1) is 0 Å². The van der Waals surface area contributed by atoms with Crippen molar-refractivity contribution >= 4 is 5.91 Å². The molecular formula is C19H25N3O4. The first-order valence-corrected chi connectivity index (χ1v) is 8.83. The Labute approximate surface area is 153 Å². The quantitative estimate of drug-likeness (QED) is 0.818. The number of amides is 1. The number of aryl methyl sites for hydroxylation is 2. The van der Waals surface area contributed by atoms with Crippen molar-refractivity contribution in [2.24, 2.45) is 0 Å². The zero-order valence-corrected chi connectivity index (χ0v) is 15.5. The number of hydrogen-bond donors (Lipinski definition) is 0. The molecule has 0 bridgehead atoms. The van der Waals surface area contributed by atoms with E-state index in [0.29, 0.717) is 38.5 Å². The highest BCUT2D eigenvalue weighted by molar-refractivity contribution is 5.92. The summed E-state index contributed by atoms with van der Waals surface area (Å²) in [5, 5.41) is 4.37. The van der Waals surface area contributed by atoms with E-state index in [4.69, 9.17) is 14.2 Å². The van der Waals surface area contributed by atoms with Crippen LogP contribution in [-0.4, -0.2) is 60.1 Å². The van der Waals surface area contributed by atoms with Crippen LogP contribution in [0.5, 0.6) is 11.5 Å². The molecule has 0 saturated carbocycles. The lowest BCUT2D eigenvalue weighted by Gasteiger charge is -2.24. The van der Waals surface area contributed by atoms with Gasteiger partial charge in [-0.05, 0) is 44.2 Å². The number of benzene rings is 1. The molecule has 1 atom stereocenters. The molecule has 140 valence electrons. The van der Waals surface area contributed by atoms with Crippen molar-refractivity contribution in [1.82, 2.24) is 14.7 Å². The predicted molar refractivity (Wildman–Crippen MR) is 96.8 cm³/mol. The van der Waals surface area contributed by atoms with Crippen LogP contribution in [-0.2, 0) is 11.3 Å². The van der Waals surface area contributed by atoms with Gasteiger partial charge in [-0.2, -0.15) is 5.10 Å². The van der Waals surface area contributed by atoms with Crippen LogP contribution in [0, 0.1) is 6.92 Å². The molecule has 7 heteroatoms. The van der Waals surface area contributed by atoms with Gasteiger partial charge in [0.1, 0.15) is 23.3 Å². The first-order chi connectivity index (χ1) is 12.6. The number of rotatable bonds is 5. The van der Waals surface area contributed by atoms with Crippen LogP contribution >= 0.6 is 0 Å². The number of methoxy groups -OCH3 is 1. The maximum absolute atomic E-state index is 13.0. The normalized spacial score (nSPS) is 17.7. The molecule has 1 amide bonds. The summed E-state index contributed by atoms with van der Waals surface area (Å²) in [4.78, 5) is 14.7. The Morgan fingerprint density at radius 2 is 2.04 bits per heavy atom. The lowest BCUT2D eigenvalue weighted by Crippen LogP contribution is -2.40. The first-order valence-electron chi connectivity index (χ1n) is 8.83. The van der Waals surface area contributed by atoms with E-state index in [9.17, 15) is 4.79 Å². The molecule has 1 unspecified atom stereocenters. The van der Waals surface area contributed by atoms with Gasteiger partial charge in [-0.3, -0.25) is 9.48 Å². The van der Waals surface area contributed by atoms with Gasteiger partial charge in [0.05, 0.1) is 32.6 Å². The maximum atomic E-state index is 13.0. The second-order valence-electron chi connectivity index (χ2n) is 6.23. The lowest BCUT2D eigenvalue weighted by molar-refractivity contribution is 0.0645. The molecule has 1 aliphatic heterocycles. The summed E-state index contributed by atoms with van der Waals surface area (Å²) >= 11 is 0. The molecule has 3 rings (SSSR count). The monoisotopic (exact) mass is 359 g/mol. The summed E-state index contributed by atoms with van der Waals surface area (Å²) in [5.74, 6) is 1.46. The summed E-state index contributed by atoms with van der Waals surface area (Å²) < 4.78 is 18.6. The molecule has 0 aliphatic carbocycles. The third kappa shape index (κ3) is 4.16. The average molecular weight is 359 g/mol. The highest BCUT2D eigenvalue weighted by atomic mass is 16.5. The molecule has 1 fully saturated rings. The van der Waals surface area contributed by atoms with Crippen molar-refractivity contribution in [1.29, 1.82) is 0 Å². The van der Waals surface area contributed by atoms with Gasteiger partial charge in [-0.25, -0.2) is 0 Å². The van der Waals surface area contributed by atoms with Crippen LogP contribution in [0.1, 0.15) is 23.1 Å². The molecule has 2 heterocycles. The smallest absolute Gasteiger partial charge is 0.272 e. The van der Waals surface area contributed by atoms with Crippen molar-refractivity contribution < 1.29 is 19.0 Å². The Hall–Kier alpha value is -2.54. The molecule has 1 aliphatic rings. The number of carbonyl (C=O) groups excluding carboxylic acids is 1. The van der Waals surface area contributed by atoms with Crippen molar-refractivity contribution in [2.45, 2.75) is 26.5 Å². The van der Waals surface area contributed by atoms with Crippen LogP contribution in [0.3, 0.4) is 0 Å². The fourth-order valence-corrected chi connectivity index (χ4v) is 3.00. The van der Waals surface area contributed by atoms with Crippen molar-refractivity contribution in [2.75, 3.05) is 33.4 Å². The minimum atomic E-state index is -0.228. The van der Waals surface area contributed by atoms with Gasteiger partial charge in [0.15, 0.2) is 0 Å². The van der Waals surface area contributed by atoms with E-state index in [-0.39, 0.29) is 12.0 Å². The Kier molecular flexibility index (Phi) is 5.78. The molecule has 26 heavy (non-hydrogen) atoms. The van der Waals surface area contributed by atoms with Crippen LogP contribution in [0.25, 0.3) is 0 Å². The van der Waals surface area contributed by atoms with Gasteiger partial charge < -0.3 is 19.1 Å². The Bertz CT molecular complexity index is 742. The minimum absolute atomic E-state index is 0.0405. The zero-order chi connectivity index (χ0) is 18.5. The highest BCUT2D eigenvalue weighted by Crippen LogP contribution is 2.19. The predicted octanol–water partition coefficient (Wildman–Crippen LogP) is 2.14. The van der Waals surface area contributed by atoms with E-state index in [1.165, 1.54) is 0 Å². The van der Waals surface area contributed by atoms with Gasteiger partial charge in [-0.1, -0.05) is 0 Å². The van der Waals surface area contributed by atoms with Crippen LogP contribution in [0.4, 0.5) is 0 Å². The lowest BCUT2D eigenvalue weighted by atomic mass is 10.2. The zero-order valence-electron chi connectivity index (χ0n) is 15.5. The molecule has 1 aromatic carbocycles. The van der Waals surface area contributed by atoms with E-state index in [2.05, 4.69) is 5.10 Å². The van der Waals surface area contributed by atoms with E-state index < -0.39 is 0 Å². The third-order valence-corrected chi connectivity index (χ3v) is 4.30. The second kappa shape index (κ2) is 8.23. The summed E-state index contributed by atoms with van der Waals surface area (Å²) in [6.45, 7) is 6.48. The van der Waals surface area contributed by atoms with Gasteiger partial charge in [0, 0.05) is 13.1 Å². The van der Waals surface area contributed by atoms with Crippen molar-refractivity contribution in [3.05, 3.63) is 41.7 Å². The molecule has 1 saturated heterocycles. The molecule has 0 radical (unpaired) electrons. The number of aromatic nitrogens is 2. The molecule has 1 aromatic heterocycles. The fourth-order valence-electron chi connectivity index (χ4n) is 3.00. The topological polar surface area (TPSA) is 65.8 Å². The Morgan fingerprint density at radius 3 is 2.73 bits per heavy atom. The van der Waals surface area contributed by atoms with E-state index in [0.717, 1.165) is 17.2 Å². The maximum Gasteiger partial charge on any atom is 0.272 e. The Balaban J connectivity index is 1.71. The molecule has 7 nitrogen and oxygen atoms in total. The number of nitrogens with zero attached hydrogens (tertiary/aromatic N) is 3. The van der Waals surface area contributed by atoms with Crippen LogP contribution < -0.4 is 9.47 Å². The standard InChI is InChI=1S/C19H25N3O4/c1-4-22-18(11-14(2)20-22)19(23)21-9-10-25-13-17(12-21)26-16-7-5-15(24-3)6-8-16/h5-8,11,17H,4,9-10,12-13H2,1-3H3. The first kappa shape index (κ1) is 18.3. The molecule has 2 aromatic rings. The van der Waals surface area contributed by atoms with Gasteiger partial charge >= 0.3 is 0 Å². The van der Waals surface area contributed by atoms with E-state index in [1.807, 2.05) is 44.2 Å². The second-order valence-corrected chi connectivity index (χ2v) is 6.23. The van der Waals surface area contributed by atoms with E-state index in [1.54, 1.807) is 16.7 Å². The summed E-state index contributed by atoms with van der Waals surface area (Å²) in [6, 6.07) is 9.23. The number of hydrogen-bond acceptors (Lipinski definition) is 5. The minimum Gasteiger partial charge on any atom is -0.497 e. The van der Waals surface area contributed by atoms with Crippen LogP contribution in [0.2, 0.25) is 0 Å². The molecule has 0 spiro atoms. The van der Waals surface area contributed by atoms with Crippen molar-refractivity contribution in [3.8, 4) is 11.5 Å². The SMILES string of the molecule is CCn1nc(C)cc1C(=O)N1CCOCC(Oc2ccc(OC)cc2)C1. The molecule has 0 N–H and O–H groups in total. The fraction of sp³-hybridized carbons (Fsp3) is 0.474.